The fraction of sp³-hybridized carbons (Fsp3) is 0.450. The lowest BCUT2D eigenvalue weighted by molar-refractivity contribution is 0.459. The predicted octanol–water partition coefficient (Wildman–Crippen LogP) is 5.12. The van der Waals surface area contributed by atoms with Crippen molar-refractivity contribution < 1.29 is 4.52 Å². The Morgan fingerprint density at radius 1 is 1.00 bits per heavy atom. The van der Waals surface area contributed by atoms with Crippen molar-refractivity contribution in [1.82, 2.24) is 15.1 Å². The molecule has 0 aliphatic heterocycles. The van der Waals surface area contributed by atoms with E-state index in [1.165, 1.54) is 29.5 Å². The van der Waals surface area contributed by atoms with Gasteiger partial charge < -0.3 is 9.84 Å². The minimum absolute atomic E-state index is 0.636. The summed E-state index contributed by atoms with van der Waals surface area (Å²) >= 11 is 0. The molecule has 5 nitrogen and oxygen atoms in total. The number of nitrogens with one attached hydrogen (secondary N) is 1. The van der Waals surface area contributed by atoms with Gasteiger partial charge in [0.15, 0.2) is 5.82 Å². The molecule has 0 aliphatic rings. The molecule has 1 aromatic carbocycles. The maximum atomic E-state index is 5.65. The Labute approximate surface area is 148 Å². The lowest BCUT2D eigenvalue weighted by Gasteiger charge is -2.09. The van der Waals surface area contributed by atoms with Crippen LogP contribution in [0.2, 0.25) is 0 Å². The number of benzene rings is 1. The molecule has 0 aliphatic carbocycles. The smallest absolute Gasteiger partial charge is 0.228 e. The molecule has 3 aromatic rings. The van der Waals surface area contributed by atoms with Crippen molar-refractivity contribution in [2.24, 2.45) is 0 Å². The molecule has 0 spiro atoms. The molecule has 0 unspecified atom stereocenters. The van der Waals surface area contributed by atoms with Crippen LogP contribution in [0.3, 0.4) is 0 Å². The van der Waals surface area contributed by atoms with Gasteiger partial charge in [0.05, 0.1) is 0 Å². The molecule has 0 amide bonds. The second-order valence-corrected chi connectivity index (χ2v) is 6.74. The van der Waals surface area contributed by atoms with Crippen molar-refractivity contribution in [3.8, 4) is 11.3 Å². The van der Waals surface area contributed by atoms with Crippen molar-refractivity contribution in [1.29, 1.82) is 0 Å². The van der Waals surface area contributed by atoms with Crippen LogP contribution in [0.4, 0.5) is 5.82 Å². The first-order valence-electron chi connectivity index (χ1n) is 8.97. The van der Waals surface area contributed by atoms with Gasteiger partial charge in [-0.2, -0.15) is 0 Å². The van der Waals surface area contributed by atoms with Crippen LogP contribution in [0.1, 0.15) is 48.7 Å². The number of rotatable bonds is 6. The fourth-order valence-electron chi connectivity index (χ4n) is 3.36. The van der Waals surface area contributed by atoms with Crippen molar-refractivity contribution in [3.63, 3.8) is 0 Å². The number of aromatic nitrogens is 3. The second-order valence-electron chi connectivity index (χ2n) is 6.74. The van der Waals surface area contributed by atoms with Crippen LogP contribution >= 0.6 is 0 Å². The molecule has 0 radical (unpaired) electrons. The molecule has 2 aromatic heterocycles. The lowest BCUT2D eigenvalue weighted by atomic mass is 9.97. The highest BCUT2D eigenvalue weighted by Crippen LogP contribution is 2.34. The van der Waals surface area contributed by atoms with Gasteiger partial charge in [-0.25, -0.2) is 9.97 Å². The summed E-state index contributed by atoms with van der Waals surface area (Å²) in [6.07, 6.45) is 3.50. The maximum absolute atomic E-state index is 5.65. The predicted molar refractivity (Wildman–Crippen MR) is 102 cm³/mol. The zero-order chi connectivity index (χ0) is 18.0. The number of hydrogen-bond acceptors (Lipinski definition) is 5. The molecule has 0 saturated heterocycles. The molecule has 0 fully saturated rings. The normalized spacial score (nSPS) is 11.2. The Bertz CT molecular complexity index is 875. The van der Waals surface area contributed by atoms with Crippen LogP contribution in [0.5, 0.6) is 0 Å². The zero-order valence-electron chi connectivity index (χ0n) is 15.7. The Kier molecular flexibility index (Phi) is 5.02. The minimum atomic E-state index is 0.636. The van der Waals surface area contributed by atoms with Crippen LogP contribution < -0.4 is 5.32 Å². The van der Waals surface area contributed by atoms with Crippen molar-refractivity contribution in [2.75, 3.05) is 11.9 Å². The number of fused-ring (bicyclic) bond motifs is 1. The largest absolute Gasteiger partial charge is 0.367 e. The summed E-state index contributed by atoms with van der Waals surface area (Å²) in [5.41, 5.74) is 6.92. The summed E-state index contributed by atoms with van der Waals surface area (Å²) in [7, 11) is 0. The van der Waals surface area contributed by atoms with Gasteiger partial charge in [0, 0.05) is 12.1 Å². The van der Waals surface area contributed by atoms with E-state index in [9.17, 15) is 0 Å². The standard InChI is InChI=1S/C20H26N4O/c1-6-7-8-9-21-20-19-18(22-15(5)23-20)17(24-25-19)16-13(3)10-12(2)11-14(16)4/h10-11H,6-9H2,1-5H3,(H,21,22,23). The van der Waals surface area contributed by atoms with Gasteiger partial charge >= 0.3 is 0 Å². The summed E-state index contributed by atoms with van der Waals surface area (Å²) in [6, 6.07) is 4.33. The van der Waals surface area contributed by atoms with Gasteiger partial charge in [-0.3, -0.25) is 0 Å². The van der Waals surface area contributed by atoms with Gasteiger partial charge in [0.25, 0.3) is 0 Å². The average Bonchev–Trinajstić information content (AvgIpc) is 2.94. The van der Waals surface area contributed by atoms with Crippen LogP contribution in [0.25, 0.3) is 22.4 Å². The van der Waals surface area contributed by atoms with E-state index in [1.807, 2.05) is 6.92 Å². The molecule has 0 atom stereocenters. The summed E-state index contributed by atoms with van der Waals surface area (Å²) in [5.74, 6) is 1.46. The Morgan fingerprint density at radius 2 is 1.72 bits per heavy atom. The molecule has 0 saturated carbocycles. The van der Waals surface area contributed by atoms with Gasteiger partial charge in [0.2, 0.25) is 5.58 Å². The third-order valence-electron chi connectivity index (χ3n) is 4.42. The molecular formula is C20H26N4O. The highest BCUT2D eigenvalue weighted by Gasteiger charge is 2.20. The maximum Gasteiger partial charge on any atom is 0.228 e. The lowest BCUT2D eigenvalue weighted by Crippen LogP contribution is -2.05. The van der Waals surface area contributed by atoms with E-state index in [0.29, 0.717) is 5.58 Å². The monoisotopic (exact) mass is 338 g/mol. The average molecular weight is 338 g/mol. The van der Waals surface area contributed by atoms with Crippen LogP contribution in [0, 0.1) is 27.7 Å². The topological polar surface area (TPSA) is 63.8 Å². The van der Waals surface area contributed by atoms with Crippen LogP contribution in [0.15, 0.2) is 16.7 Å². The van der Waals surface area contributed by atoms with Crippen molar-refractivity contribution in [2.45, 2.75) is 53.9 Å². The third kappa shape index (κ3) is 3.50. The summed E-state index contributed by atoms with van der Waals surface area (Å²) in [5, 5.41) is 7.73. The molecule has 3 rings (SSSR count). The minimum Gasteiger partial charge on any atom is -0.367 e. The molecule has 0 bridgehead atoms. The van der Waals surface area contributed by atoms with E-state index in [4.69, 9.17) is 4.52 Å². The van der Waals surface area contributed by atoms with E-state index in [1.54, 1.807) is 0 Å². The van der Waals surface area contributed by atoms with Gasteiger partial charge in [0.1, 0.15) is 17.0 Å². The number of hydrogen-bond donors (Lipinski definition) is 1. The number of anilines is 1. The second kappa shape index (κ2) is 7.21. The van der Waals surface area contributed by atoms with E-state index in [0.717, 1.165) is 41.4 Å². The highest BCUT2D eigenvalue weighted by atomic mass is 16.5. The summed E-state index contributed by atoms with van der Waals surface area (Å²) in [4.78, 5) is 9.12. The molecule has 2 heterocycles. The first kappa shape index (κ1) is 17.4. The van der Waals surface area contributed by atoms with Crippen LogP contribution in [-0.4, -0.2) is 21.7 Å². The molecule has 132 valence electrons. The van der Waals surface area contributed by atoms with E-state index >= 15 is 0 Å². The quantitative estimate of drug-likeness (QED) is 0.632. The number of nitrogens with zero attached hydrogens (tertiary/aromatic N) is 3. The molecular weight excluding hydrogens is 312 g/mol. The summed E-state index contributed by atoms with van der Waals surface area (Å²) < 4.78 is 5.65. The molecule has 5 heteroatoms. The summed E-state index contributed by atoms with van der Waals surface area (Å²) in [6.45, 7) is 11.3. The van der Waals surface area contributed by atoms with E-state index in [-0.39, 0.29) is 0 Å². The Hall–Kier alpha value is -2.43. The van der Waals surface area contributed by atoms with Crippen molar-refractivity contribution in [3.05, 3.63) is 34.6 Å². The first-order valence-corrected chi connectivity index (χ1v) is 8.97. The van der Waals surface area contributed by atoms with E-state index < -0.39 is 0 Å². The van der Waals surface area contributed by atoms with Gasteiger partial charge in [-0.1, -0.05) is 42.6 Å². The van der Waals surface area contributed by atoms with Gasteiger partial charge in [-0.05, 0) is 45.2 Å². The molecule has 1 N–H and O–H groups in total. The van der Waals surface area contributed by atoms with Crippen molar-refractivity contribution >= 4 is 16.9 Å². The highest BCUT2D eigenvalue weighted by molar-refractivity contribution is 5.95. The first-order chi connectivity index (χ1) is 12.0. The molecule has 25 heavy (non-hydrogen) atoms. The van der Waals surface area contributed by atoms with E-state index in [2.05, 4.69) is 60.3 Å². The van der Waals surface area contributed by atoms with Crippen LogP contribution in [-0.2, 0) is 0 Å². The zero-order valence-corrected chi connectivity index (χ0v) is 15.7. The number of unbranched alkanes of at least 4 members (excludes halogenated alkanes) is 2. The SMILES string of the molecule is CCCCCNc1nc(C)nc2c(-c3c(C)cc(C)cc3C)noc12. The Balaban J connectivity index is 2.06. The fourth-order valence-corrected chi connectivity index (χ4v) is 3.36. The Morgan fingerprint density at radius 3 is 2.40 bits per heavy atom. The van der Waals surface area contributed by atoms with Gasteiger partial charge in [-0.15, -0.1) is 0 Å². The third-order valence-corrected chi connectivity index (χ3v) is 4.42. The number of aryl methyl sites for hydroxylation is 4.